The minimum absolute atomic E-state index is 0.415. The summed E-state index contributed by atoms with van der Waals surface area (Å²) in [4.78, 5) is 2.61. The van der Waals surface area contributed by atoms with Gasteiger partial charge >= 0.3 is 0 Å². The topological polar surface area (TPSA) is 38.5 Å². The van der Waals surface area contributed by atoms with Crippen LogP contribution in [0.5, 0.6) is 0 Å². The van der Waals surface area contributed by atoms with E-state index in [2.05, 4.69) is 4.90 Å². The van der Waals surface area contributed by atoms with Gasteiger partial charge in [-0.25, -0.2) is 0 Å². The van der Waals surface area contributed by atoms with Crippen LogP contribution in [0.3, 0.4) is 0 Å². The van der Waals surface area contributed by atoms with Gasteiger partial charge in [0.2, 0.25) is 0 Å². The molecule has 0 aromatic heterocycles. The normalized spacial score (nSPS) is 27.9. The van der Waals surface area contributed by atoms with Gasteiger partial charge in [-0.05, 0) is 44.7 Å². The Balaban J connectivity index is 1.78. The molecule has 2 aliphatic rings. The molecule has 1 heterocycles. The first-order valence-corrected chi connectivity index (χ1v) is 5.75. The number of methoxy groups -OCH3 is 1. The van der Waals surface area contributed by atoms with Gasteiger partial charge in [0.05, 0.1) is 0 Å². The second kappa shape index (κ2) is 4.17. The Morgan fingerprint density at radius 1 is 1.36 bits per heavy atom. The molecule has 2 N–H and O–H groups in total. The second-order valence-corrected chi connectivity index (χ2v) is 4.81. The van der Waals surface area contributed by atoms with E-state index in [0.29, 0.717) is 5.54 Å². The lowest BCUT2D eigenvalue weighted by atomic mass is 9.96. The Morgan fingerprint density at radius 2 is 2.00 bits per heavy atom. The molecule has 1 saturated heterocycles. The van der Waals surface area contributed by atoms with Gasteiger partial charge in [0.1, 0.15) is 0 Å². The minimum atomic E-state index is 0.415. The summed E-state index contributed by atoms with van der Waals surface area (Å²) in [6.07, 6.45) is 5.21. The third kappa shape index (κ3) is 1.95. The van der Waals surface area contributed by atoms with E-state index in [-0.39, 0.29) is 0 Å². The van der Waals surface area contributed by atoms with Gasteiger partial charge in [-0.15, -0.1) is 0 Å². The molecule has 1 saturated carbocycles. The smallest absolute Gasteiger partial charge is 0.0491 e. The van der Waals surface area contributed by atoms with Gasteiger partial charge in [0.25, 0.3) is 0 Å². The molecule has 14 heavy (non-hydrogen) atoms. The van der Waals surface area contributed by atoms with Gasteiger partial charge < -0.3 is 10.5 Å². The second-order valence-electron chi connectivity index (χ2n) is 4.81. The highest BCUT2D eigenvalue weighted by molar-refractivity contribution is 5.05. The van der Waals surface area contributed by atoms with Crippen molar-refractivity contribution < 1.29 is 4.74 Å². The van der Waals surface area contributed by atoms with Crippen molar-refractivity contribution in [1.29, 1.82) is 0 Å². The molecule has 0 spiro atoms. The number of nitrogens with two attached hydrogens (primary N) is 1. The van der Waals surface area contributed by atoms with Gasteiger partial charge in [-0.2, -0.15) is 0 Å². The molecular weight excluding hydrogens is 176 g/mol. The Kier molecular flexibility index (Phi) is 3.10. The minimum Gasteiger partial charge on any atom is -0.384 e. The van der Waals surface area contributed by atoms with Crippen molar-refractivity contribution >= 4 is 0 Å². The summed E-state index contributed by atoms with van der Waals surface area (Å²) in [6.45, 7) is 4.24. The fourth-order valence-electron chi connectivity index (χ4n) is 2.60. The van der Waals surface area contributed by atoms with Gasteiger partial charge in [-0.1, -0.05) is 0 Å². The number of rotatable bonds is 4. The average Bonchev–Trinajstić information content (AvgIpc) is 3.00. The quantitative estimate of drug-likeness (QED) is 0.727. The molecule has 0 aromatic rings. The first-order valence-electron chi connectivity index (χ1n) is 5.75. The van der Waals surface area contributed by atoms with Crippen molar-refractivity contribution in [1.82, 2.24) is 4.90 Å². The van der Waals surface area contributed by atoms with E-state index >= 15 is 0 Å². The summed E-state index contributed by atoms with van der Waals surface area (Å²) in [5.41, 5.74) is 6.24. The molecule has 0 radical (unpaired) electrons. The molecule has 3 heteroatoms. The highest BCUT2D eigenvalue weighted by atomic mass is 16.5. The molecule has 2 fully saturated rings. The third-order valence-corrected chi connectivity index (χ3v) is 3.89. The van der Waals surface area contributed by atoms with E-state index in [0.717, 1.165) is 19.1 Å². The molecule has 0 unspecified atom stereocenters. The fraction of sp³-hybridized carbons (Fsp3) is 1.00. The van der Waals surface area contributed by atoms with Crippen LogP contribution in [-0.4, -0.2) is 43.8 Å². The van der Waals surface area contributed by atoms with E-state index in [1.54, 1.807) is 7.11 Å². The predicted molar refractivity (Wildman–Crippen MR) is 57.2 cm³/mol. The molecule has 2 rings (SSSR count). The van der Waals surface area contributed by atoms with Gasteiger partial charge in [0, 0.05) is 25.8 Å². The van der Waals surface area contributed by atoms with Crippen molar-refractivity contribution in [2.75, 3.05) is 33.4 Å². The molecule has 1 aliphatic carbocycles. The van der Waals surface area contributed by atoms with E-state index in [4.69, 9.17) is 10.5 Å². The van der Waals surface area contributed by atoms with Crippen LogP contribution in [-0.2, 0) is 4.74 Å². The number of ether oxygens (including phenoxy) is 1. The van der Waals surface area contributed by atoms with Crippen LogP contribution in [0.4, 0.5) is 0 Å². The molecule has 82 valence electrons. The number of nitrogens with zero attached hydrogens (tertiary/aromatic N) is 1. The van der Waals surface area contributed by atoms with E-state index in [1.807, 2.05) is 0 Å². The maximum atomic E-state index is 5.83. The maximum Gasteiger partial charge on any atom is 0.0491 e. The van der Waals surface area contributed by atoms with Crippen molar-refractivity contribution in [3.8, 4) is 0 Å². The van der Waals surface area contributed by atoms with Crippen molar-refractivity contribution in [2.24, 2.45) is 11.7 Å². The number of piperidine rings is 1. The van der Waals surface area contributed by atoms with Crippen LogP contribution >= 0.6 is 0 Å². The maximum absolute atomic E-state index is 5.83. The number of likely N-dealkylation sites (tertiary alicyclic amines) is 1. The highest BCUT2D eigenvalue weighted by Crippen LogP contribution is 2.42. The molecule has 0 aromatic carbocycles. The summed E-state index contributed by atoms with van der Waals surface area (Å²) in [5, 5.41) is 0. The summed E-state index contributed by atoms with van der Waals surface area (Å²) >= 11 is 0. The highest BCUT2D eigenvalue weighted by Gasteiger charge is 2.47. The first kappa shape index (κ1) is 10.4. The lowest BCUT2D eigenvalue weighted by Crippen LogP contribution is -2.47. The predicted octanol–water partition coefficient (Wildman–Crippen LogP) is 0.836. The van der Waals surface area contributed by atoms with Gasteiger partial charge in [0.15, 0.2) is 0 Å². The molecular formula is C11H22N2O. The van der Waals surface area contributed by atoms with Crippen molar-refractivity contribution in [3.63, 3.8) is 0 Å². The van der Waals surface area contributed by atoms with Crippen LogP contribution < -0.4 is 5.73 Å². The van der Waals surface area contributed by atoms with E-state index in [9.17, 15) is 0 Å². The largest absolute Gasteiger partial charge is 0.384 e. The monoisotopic (exact) mass is 198 g/mol. The van der Waals surface area contributed by atoms with Crippen LogP contribution in [0.2, 0.25) is 0 Å². The lowest BCUT2D eigenvalue weighted by molar-refractivity contribution is 0.0742. The molecule has 0 bridgehead atoms. The Hall–Kier alpha value is -0.120. The standard InChI is InChI=1S/C11H22N2O/c1-14-8-10-2-6-13(7-3-10)11(9-12)4-5-11/h10H,2-9,12H2,1H3. The summed E-state index contributed by atoms with van der Waals surface area (Å²) in [7, 11) is 1.80. The Morgan fingerprint density at radius 3 is 2.43 bits per heavy atom. The van der Waals surface area contributed by atoms with E-state index in [1.165, 1.54) is 38.8 Å². The van der Waals surface area contributed by atoms with Gasteiger partial charge in [-0.3, -0.25) is 4.90 Å². The summed E-state index contributed by atoms with van der Waals surface area (Å²) in [6, 6.07) is 0. The van der Waals surface area contributed by atoms with Crippen LogP contribution in [0.15, 0.2) is 0 Å². The van der Waals surface area contributed by atoms with Crippen LogP contribution in [0.1, 0.15) is 25.7 Å². The van der Waals surface area contributed by atoms with E-state index < -0.39 is 0 Å². The molecule has 0 amide bonds. The first-order chi connectivity index (χ1) is 6.80. The van der Waals surface area contributed by atoms with Crippen LogP contribution in [0, 0.1) is 5.92 Å². The lowest BCUT2D eigenvalue weighted by Gasteiger charge is -2.37. The summed E-state index contributed by atoms with van der Waals surface area (Å²) in [5.74, 6) is 0.782. The summed E-state index contributed by atoms with van der Waals surface area (Å²) < 4.78 is 5.20. The average molecular weight is 198 g/mol. The zero-order valence-electron chi connectivity index (χ0n) is 9.17. The fourth-order valence-corrected chi connectivity index (χ4v) is 2.60. The zero-order chi connectivity index (χ0) is 10.0. The number of hydrogen-bond donors (Lipinski definition) is 1. The Labute approximate surface area is 86.6 Å². The number of hydrogen-bond acceptors (Lipinski definition) is 3. The van der Waals surface area contributed by atoms with Crippen molar-refractivity contribution in [2.45, 2.75) is 31.2 Å². The Bertz CT molecular complexity index is 184. The molecule has 0 atom stereocenters. The SMILES string of the molecule is COCC1CCN(C2(CN)CC2)CC1. The van der Waals surface area contributed by atoms with Crippen LogP contribution in [0.25, 0.3) is 0 Å². The van der Waals surface area contributed by atoms with Crippen molar-refractivity contribution in [3.05, 3.63) is 0 Å². The molecule has 3 nitrogen and oxygen atoms in total. The third-order valence-electron chi connectivity index (χ3n) is 3.89. The molecule has 1 aliphatic heterocycles. The zero-order valence-corrected chi connectivity index (χ0v) is 9.17.